The molecule has 21 heteroatoms. The minimum atomic E-state index is -0.842. The Morgan fingerprint density at radius 1 is 0.458 bits per heavy atom. The van der Waals surface area contributed by atoms with E-state index in [1.807, 2.05) is 73.2 Å². The number of thioether (sulfide) groups is 2. The summed E-state index contributed by atoms with van der Waals surface area (Å²) < 4.78 is 10.6. The smallest absolute Gasteiger partial charge is 0.408 e. The molecule has 19 nitrogen and oxygen atoms in total. The van der Waals surface area contributed by atoms with Crippen molar-refractivity contribution < 1.29 is 53.3 Å². The summed E-state index contributed by atoms with van der Waals surface area (Å²) in [5.74, 6) is 4.40. The second-order valence-electron chi connectivity index (χ2n) is 25.9. The minimum Gasteiger partial charge on any atom is -0.444 e. The fraction of sp³-hybridized carbons (Fsp3) is 0.677. The van der Waals surface area contributed by atoms with Crippen LogP contribution in [-0.2, 0) is 51.1 Å². The predicted molar refractivity (Wildman–Crippen MR) is 324 cm³/mol. The number of benzene rings is 2. The molecule has 10 N–H and O–H groups in total. The van der Waals surface area contributed by atoms with E-state index in [-0.39, 0.29) is 42.5 Å². The van der Waals surface area contributed by atoms with Crippen molar-refractivity contribution in [3.63, 3.8) is 0 Å². The Kier molecular flexibility index (Phi) is 24.9. The van der Waals surface area contributed by atoms with Gasteiger partial charge in [-0.25, -0.2) is 9.59 Å². The second-order valence-corrected chi connectivity index (χ2v) is 27.9. The lowest BCUT2D eigenvalue weighted by molar-refractivity contribution is -0.132. The molecule has 0 aromatic heterocycles. The molecule has 8 aliphatic rings. The number of nitrogens with one attached hydrogen (secondary N) is 8. The summed E-state index contributed by atoms with van der Waals surface area (Å²) in [6, 6.07) is 16.4. The third kappa shape index (κ3) is 20.9. The van der Waals surface area contributed by atoms with Crippen molar-refractivity contribution in [2.75, 3.05) is 37.1 Å². The van der Waals surface area contributed by atoms with Crippen LogP contribution in [-0.4, -0.2) is 138 Å². The SMILES string of the molecule is CSCC[C@@H](NC(=O)OC(C)(C)C)C(=O)NCC(=O)N[C@@H](Cc1ccccc1)C(=O)NC1C2CC3CC(C2)CC1C3.CSCC[C@@H](NC(=O)OC(C)(C)C)C(=O)NCC(=O)N[C@@H](Cc1ccccc1)C(=O)NC1C2CC3CC(C2)CC1C3.O. The zero-order chi connectivity index (χ0) is 59.1. The molecule has 0 aliphatic heterocycles. The van der Waals surface area contributed by atoms with E-state index in [0.29, 0.717) is 60.9 Å². The maximum atomic E-state index is 13.6. The zero-order valence-corrected chi connectivity index (χ0v) is 51.6. The van der Waals surface area contributed by atoms with Crippen LogP contribution in [0.4, 0.5) is 9.59 Å². The van der Waals surface area contributed by atoms with Crippen molar-refractivity contribution in [3.05, 3.63) is 71.8 Å². The lowest BCUT2D eigenvalue weighted by atomic mass is 9.54. The summed E-state index contributed by atoms with van der Waals surface area (Å²) in [4.78, 5) is 104. The van der Waals surface area contributed by atoms with Crippen molar-refractivity contribution in [1.29, 1.82) is 0 Å². The van der Waals surface area contributed by atoms with Gasteiger partial charge in [-0.3, -0.25) is 28.8 Å². The summed E-state index contributed by atoms with van der Waals surface area (Å²) in [6.07, 6.45) is 16.1. The second kappa shape index (κ2) is 31.0. The number of carbonyl (C=O) groups excluding carboxylic acids is 8. The Morgan fingerprint density at radius 3 is 1.06 bits per heavy atom. The highest BCUT2D eigenvalue weighted by atomic mass is 32.2. The van der Waals surface area contributed by atoms with Crippen LogP contribution >= 0.6 is 23.5 Å². The van der Waals surface area contributed by atoms with Crippen LogP contribution in [0.1, 0.15) is 130 Å². The van der Waals surface area contributed by atoms with Gasteiger partial charge >= 0.3 is 12.2 Å². The molecule has 2 aromatic rings. The van der Waals surface area contributed by atoms with Gasteiger partial charge in [0.15, 0.2) is 0 Å². The van der Waals surface area contributed by atoms with E-state index in [9.17, 15) is 38.4 Å². The van der Waals surface area contributed by atoms with E-state index in [2.05, 4.69) is 42.5 Å². The quantitative estimate of drug-likeness (QED) is 0.0600. The van der Waals surface area contributed by atoms with Crippen molar-refractivity contribution in [2.45, 2.75) is 179 Å². The predicted octanol–water partition coefficient (Wildman–Crippen LogP) is 6.01. The van der Waals surface area contributed by atoms with E-state index in [0.717, 1.165) is 34.8 Å². The lowest BCUT2D eigenvalue weighted by Gasteiger charge is -2.54. The Hall–Kier alpha value is -5.54. The summed E-state index contributed by atoms with van der Waals surface area (Å²) in [6.45, 7) is 9.89. The molecule has 0 radical (unpaired) electrons. The number of rotatable bonds is 24. The van der Waals surface area contributed by atoms with Crippen molar-refractivity contribution in [1.82, 2.24) is 42.5 Å². The lowest BCUT2D eigenvalue weighted by Crippen LogP contribution is -2.60. The van der Waals surface area contributed by atoms with Crippen molar-refractivity contribution >= 4 is 71.2 Å². The number of amides is 8. The van der Waals surface area contributed by atoms with E-state index in [1.54, 1.807) is 65.1 Å². The van der Waals surface area contributed by atoms with Gasteiger partial charge in [0.2, 0.25) is 35.4 Å². The van der Waals surface area contributed by atoms with Gasteiger partial charge in [-0.15, -0.1) is 0 Å². The molecule has 460 valence electrons. The Labute approximate surface area is 499 Å². The molecule has 4 atom stereocenters. The van der Waals surface area contributed by atoms with Gasteiger partial charge in [-0.2, -0.15) is 23.5 Å². The highest BCUT2D eigenvalue weighted by Crippen LogP contribution is 2.55. The van der Waals surface area contributed by atoms with Crippen LogP contribution in [0.2, 0.25) is 0 Å². The van der Waals surface area contributed by atoms with Gasteiger partial charge < -0.3 is 57.5 Å². The monoisotopic (exact) mass is 1190 g/mol. The van der Waals surface area contributed by atoms with Crippen LogP contribution < -0.4 is 42.5 Å². The highest BCUT2D eigenvalue weighted by molar-refractivity contribution is 7.98. The van der Waals surface area contributed by atoms with Crippen LogP contribution in [0.3, 0.4) is 0 Å². The molecule has 8 fully saturated rings. The first kappa shape index (κ1) is 66.6. The molecule has 8 bridgehead atoms. The topological polar surface area (TPSA) is 283 Å². The number of carbonyl (C=O) groups is 8. The zero-order valence-electron chi connectivity index (χ0n) is 50.0. The molecule has 8 aliphatic carbocycles. The largest absolute Gasteiger partial charge is 0.444 e. The third-order valence-electron chi connectivity index (χ3n) is 17.0. The minimum absolute atomic E-state index is 0. The first-order valence-corrected chi connectivity index (χ1v) is 32.6. The average molecular weight is 1190 g/mol. The standard InChI is InChI=1S/2C31H46N4O5S.H2O/c2*1-31(2,3)40-30(39)34-24(10-11-41-4)28(37)32-18-26(36)33-25(17-19-8-6-5-7-9-19)29(38)35-27-22-13-20-12-21(15-22)16-23(27)14-20;/h2*5-9,20-25,27H,10-18H2,1-4H3,(H,32,37)(H,33,36)(H,34,39)(H,35,38);1H2/t2*20?,21?,22?,23?,24-,25+,27?;/m11./s1. The normalized spacial score (nSPS) is 25.7. The first-order chi connectivity index (χ1) is 39.0. The molecule has 2 aromatic carbocycles. The number of ether oxygens (including phenoxy) is 2. The molecular weight excluding hydrogens is 1100 g/mol. The summed E-state index contributed by atoms with van der Waals surface area (Å²) in [5.41, 5.74) is 0.492. The molecule has 10 rings (SSSR count). The van der Waals surface area contributed by atoms with Gasteiger partial charge in [0, 0.05) is 24.9 Å². The molecule has 0 heterocycles. The van der Waals surface area contributed by atoms with Crippen molar-refractivity contribution in [2.24, 2.45) is 47.3 Å². The van der Waals surface area contributed by atoms with E-state index >= 15 is 0 Å². The molecule has 0 spiro atoms. The Balaban J connectivity index is 0.000000263. The van der Waals surface area contributed by atoms with Crippen LogP contribution in [0.25, 0.3) is 0 Å². The maximum absolute atomic E-state index is 13.6. The van der Waals surface area contributed by atoms with Gasteiger partial charge in [0.05, 0.1) is 13.1 Å². The number of hydrogen-bond acceptors (Lipinski definition) is 12. The number of hydrogen-bond donors (Lipinski definition) is 8. The van der Waals surface area contributed by atoms with E-state index < -0.39 is 71.2 Å². The average Bonchev–Trinajstić information content (AvgIpc) is 2.59. The molecule has 8 saturated carbocycles. The molecule has 0 unspecified atom stereocenters. The number of alkyl carbamates (subject to hydrolysis) is 2. The van der Waals surface area contributed by atoms with Gasteiger partial charge in [-0.1, -0.05) is 60.7 Å². The van der Waals surface area contributed by atoms with Crippen LogP contribution in [0.5, 0.6) is 0 Å². The molecule has 8 amide bonds. The van der Waals surface area contributed by atoms with E-state index in [1.165, 1.54) is 64.2 Å². The maximum Gasteiger partial charge on any atom is 0.408 e. The fourth-order valence-corrected chi connectivity index (χ4v) is 14.9. The molecule has 0 saturated heterocycles. The van der Waals surface area contributed by atoms with E-state index in [4.69, 9.17) is 9.47 Å². The Morgan fingerprint density at radius 2 is 0.771 bits per heavy atom. The van der Waals surface area contributed by atoms with Crippen LogP contribution in [0.15, 0.2) is 60.7 Å². The summed E-state index contributed by atoms with van der Waals surface area (Å²) in [7, 11) is 0. The third-order valence-corrected chi connectivity index (χ3v) is 18.3. The van der Waals surface area contributed by atoms with Crippen molar-refractivity contribution in [3.8, 4) is 0 Å². The van der Waals surface area contributed by atoms with Crippen LogP contribution in [0, 0.1) is 47.3 Å². The summed E-state index contributed by atoms with van der Waals surface area (Å²) in [5, 5.41) is 22.9. The molecule has 83 heavy (non-hydrogen) atoms. The van der Waals surface area contributed by atoms with Gasteiger partial charge in [-0.05, 0) is 201 Å². The summed E-state index contributed by atoms with van der Waals surface area (Å²) >= 11 is 3.10. The van der Waals surface area contributed by atoms with Gasteiger partial charge in [0.1, 0.15) is 35.4 Å². The highest BCUT2D eigenvalue weighted by Gasteiger charge is 2.50. The first-order valence-electron chi connectivity index (χ1n) is 29.8. The fourth-order valence-electron chi connectivity index (χ4n) is 14.0. The van der Waals surface area contributed by atoms with Gasteiger partial charge in [0.25, 0.3) is 0 Å². The Bertz CT molecular complexity index is 2270. The molecular formula is C62H94N8O11S2.